The van der Waals surface area contributed by atoms with Crippen molar-refractivity contribution >= 4 is 22.9 Å². The van der Waals surface area contributed by atoms with Gasteiger partial charge in [0.15, 0.2) is 11.5 Å². The molecule has 0 spiro atoms. The topological polar surface area (TPSA) is 73.6 Å². The molecule has 112 valence electrons. The molecule has 5 nitrogen and oxygen atoms in total. The molecular formula is C15H18N2O3S. The second kappa shape index (κ2) is 6.99. The Kier molecular flexibility index (Phi) is 5.05. The molecule has 0 bridgehead atoms. The molecule has 0 saturated carbocycles. The lowest BCUT2D eigenvalue weighted by molar-refractivity contribution is 0.100. The molecule has 6 heteroatoms. The van der Waals surface area contributed by atoms with Gasteiger partial charge in [-0.15, -0.1) is 11.3 Å². The van der Waals surface area contributed by atoms with Crippen LogP contribution in [0.4, 0.5) is 5.69 Å². The molecule has 2 aromatic rings. The predicted octanol–water partition coefficient (Wildman–Crippen LogP) is 2.87. The number of thiophene rings is 1. The first-order chi connectivity index (χ1) is 10.1. The van der Waals surface area contributed by atoms with Crippen LogP contribution in [0.25, 0.3) is 0 Å². The van der Waals surface area contributed by atoms with Crippen LogP contribution in [0.1, 0.15) is 22.2 Å². The van der Waals surface area contributed by atoms with Gasteiger partial charge in [0.05, 0.1) is 19.3 Å². The summed E-state index contributed by atoms with van der Waals surface area (Å²) in [5.41, 5.74) is 6.70. The Balaban J connectivity index is 2.05. The second-order valence-corrected chi connectivity index (χ2v) is 5.31. The Hall–Kier alpha value is -2.21. The van der Waals surface area contributed by atoms with Gasteiger partial charge in [0, 0.05) is 28.6 Å². The van der Waals surface area contributed by atoms with Gasteiger partial charge in [-0.1, -0.05) is 0 Å². The third-order valence-corrected chi connectivity index (χ3v) is 3.81. The highest BCUT2D eigenvalue weighted by atomic mass is 32.1. The van der Waals surface area contributed by atoms with E-state index in [0.717, 1.165) is 10.6 Å². The molecular weight excluding hydrogens is 288 g/mol. The van der Waals surface area contributed by atoms with E-state index in [0.29, 0.717) is 30.2 Å². The first-order valence-electron chi connectivity index (χ1n) is 6.56. The standard InChI is InChI=1S/C15H18N2O3S/c1-3-20-14-7-11(4-5-13(14)19-2)17-8-12-6-10(9-21-12)15(16)18/h4-7,9,17H,3,8H2,1-2H3,(H2,16,18). The fourth-order valence-electron chi connectivity index (χ4n) is 1.85. The molecule has 0 aliphatic heterocycles. The number of ether oxygens (including phenoxy) is 2. The molecule has 0 radical (unpaired) electrons. The Morgan fingerprint density at radius 1 is 1.33 bits per heavy atom. The lowest BCUT2D eigenvalue weighted by atomic mass is 10.2. The molecule has 0 atom stereocenters. The highest BCUT2D eigenvalue weighted by Gasteiger charge is 2.07. The lowest BCUT2D eigenvalue weighted by Crippen LogP contribution is -2.09. The van der Waals surface area contributed by atoms with Gasteiger partial charge in [-0.25, -0.2) is 0 Å². The van der Waals surface area contributed by atoms with Crippen molar-refractivity contribution in [2.24, 2.45) is 5.73 Å². The van der Waals surface area contributed by atoms with Crippen LogP contribution in [-0.2, 0) is 6.54 Å². The van der Waals surface area contributed by atoms with Crippen molar-refractivity contribution in [3.05, 3.63) is 40.1 Å². The van der Waals surface area contributed by atoms with Crippen molar-refractivity contribution in [3.63, 3.8) is 0 Å². The summed E-state index contributed by atoms with van der Waals surface area (Å²) in [6.45, 7) is 3.12. The quantitative estimate of drug-likeness (QED) is 0.825. The number of nitrogens with one attached hydrogen (secondary N) is 1. The Morgan fingerprint density at radius 3 is 2.76 bits per heavy atom. The Labute approximate surface area is 127 Å². The molecule has 1 amide bonds. The third-order valence-electron chi connectivity index (χ3n) is 2.87. The van der Waals surface area contributed by atoms with Crippen LogP contribution >= 0.6 is 11.3 Å². The second-order valence-electron chi connectivity index (χ2n) is 4.32. The van der Waals surface area contributed by atoms with Gasteiger partial charge in [-0.2, -0.15) is 0 Å². The number of hydrogen-bond acceptors (Lipinski definition) is 5. The Bertz CT molecular complexity index is 625. The van der Waals surface area contributed by atoms with Gasteiger partial charge in [-0.05, 0) is 25.1 Å². The van der Waals surface area contributed by atoms with E-state index in [1.165, 1.54) is 11.3 Å². The van der Waals surface area contributed by atoms with Crippen LogP contribution in [0.15, 0.2) is 29.6 Å². The zero-order valence-electron chi connectivity index (χ0n) is 12.0. The first kappa shape index (κ1) is 15.2. The molecule has 3 N–H and O–H groups in total. The van der Waals surface area contributed by atoms with E-state index in [4.69, 9.17) is 15.2 Å². The van der Waals surface area contributed by atoms with Crippen LogP contribution < -0.4 is 20.5 Å². The van der Waals surface area contributed by atoms with E-state index in [1.807, 2.05) is 25.1 Å². The van der Waals surface area contributed by atoms with E-state index >= 15 is 0 Å². The fraction of sp³-hybridized carbons (Fsp3) is 0.267. The monoisotopic (exact) mass is 306 g/mol. The number of carbonyl (C=O) groups excluding carboxylic acids is 1. The maximum atomic E-state index is 11.1. The van der Waals surface area contributed by atoms with Crippen LogP contribution in [0.3, 0.4) is 0 Å². The predicted molar refractivity (Wildman–Crippen MR) is 84.3 cm³/mol. The minimum Gasteiger partial charge on any atom is -0.493 e. The number of anilines is 1. The molecule has 0 saturated heterocycles. The molecule has 1 heterocycles. The van der Waals surface area contributed by atoms with Crippen molar-refractivity contribution in [2.75, 3.05) is 19.0 Å². The van der Waals surface area contributed by atoms with E-state index in [9.17, 15) is 4.79 Å². The molecule has 0 unspecified atom stereocenters. The largest absolute Gasteiger partial charge is 0.493 e. The van der Waals surface area contributed by atoms with Crippen molar-refractivity contribution < 1.29 is 14.3 Å². The SMILES string of the molecule is CCOc1cc(NCc2cc(C(N)=O)cs2)ccc1OC. The third kappa shape index (κ3) is 3.88. The van der Waals surface area contributed by atoms with Crippen LogP contribution in [0, 0.1) is 0 Å². The minimum absolute atomic E-state index is 0.402. The maximum Gasteiger partial charge on any atom is 0.249 e. The van der Waals surface area contributed by atoms with E-state index < -0.39 is 5.91 Å². The van der Waals surface area contributed by atoms with E-state index in [1.54, 1.807) is 18.6 Å². The molecule has 1 aromatic carbocycles. The van der Waals surface area contributed by atoms with Gasteiger partial charge in [0.25, 0.3) is 0 Å². The van der Waals surface area contributed by atoms with Crippen LogP contribution in [0.2, 0.25) is 0 Å². The average molecular weight is 306 g/mol. The van der Waals surface area contributed by atoms with Crippen molar-refractivity contribution in [1.82, 2.24) is 0 Å². The normalized spacial score (nSPS) is 10.2. The van der Waals surface area contributed by atoms with Crippen molar-refractivity contribution in [1.29, 1.82) is 0 Å². The van der Waals surface area contributed by atoms with Crippen molar-refractivity contribution in [2.45, 2.75) is 13.5 Å². The number of carbonyl (C=O) groups is 1. The zero-order chi connectivity index (χ0) is 15.2. The van der Waals surface area contributed by atoms with Crippen LogP contribution in [-0.4, -0.2) is 19.6 Å². The summed E-state index contributed by atoms with van der Waals surface area (Å²) in [6.07, 6.45) is 0. The van der Waals surface area contributed by atoms with E-state index in [-0.39, 0.29) is 0 Å². The van der Waals surface area contributed by atoms with Gasteiger partial charge >= 0.3 is 0 Å². The van der Waals surface area contributed by atoms with E-state index in [2.05, 4.69) is 5.32 Å². The summed E-state index contributed by atoms with van der Waals surface area (Å²) in [4.78, 5) is 12.1. The highest BCUT2D eigenvalue weighted by Crippen LogP contribution is 2.30. The van der Waals surface area contributed by atoms with Gasteiger partial charge in [-0.3, -0.25) is 4.79 Å². The zero-order valence-corrected chi connectivity index (χ0v) is 12.8. The summed E-state index contributed by atoms with van der Waals surface area (Å²) < 4.78 is 10.8. The molecule has 0 aliphatic rings. The number of hydrogen-bond donors (Lipinski definition) is 2. The highest BCUT2D eigenvalue weighted by molar-refractivity contribution is 7.10. The number of benzene rings is 1. The molecule has 2 rings (SSSR count). The fourth-order valence-corrected chi connectivity index (χ4v) is 2.66. The number of rotatable bonds is 7. The summed E-state index contributed by atoms with van der Waals surface area (Å²) in [5, 5.41) is 5.05. The van der Waals surface area contributed by atoms with Crippen molar-refractivity contribution in [3.8, 4) is 11.5 Å². The smallest absolute Gasteiger partial charge is 0.249 e. The van der Waals surface area contributed by atoms with Gasteiger partial charge < -0.3 is 20.5 Å². The van der Waals surface area contributed by atoms with Gasteiger partial charge in [0.1, 0.15) is 0 Å². The maximum absolute atomic E-state index is 11.1. The lowest BCUT2D eigenvalue weighted by Gasteiger charge is -2.12. The summed E-state index contributed by atoms with van der Waals surface area (Å²) >= 11 is 1.50. The summed E-state index contributed by atoms with van der Waals surface area (Å²) in [5.74, 6) is 1.00. The molecule has 0 aliphatic carbocycles. The molecule has 1 aromatic heterocycles. The number of amides is 1. The summed E-state index contributed by atoms with van der Waals surface area (Å²) in [7, 11) is 1.61. The molecule has 21 heavy (non-hydrogen) atoms. The minimum atomic E-state index is -0.402. The Morgan fingerprint density at radius 2 is 2.14 bits per heavy atom. The number of primary amides is 1. The molecule has 0 fully saturated rings. The first-order valence-corrected chi connectivity index (χ1v) is 7.44. The summed E-state index contributed by atoms with van der Waals surface area (Å²) in [6, 6.07) is 7.47. The average Bonchev–Trinajstić information content (AvgIpc) is 2.95. The van der Waals surface area contributed by atoms with Crippen LogP contribution in [0.5, 0.6) is 11.5 Å². The number of methoxy groups -OCH3 is 1. The number of nitrogens with two attached hydrogens (primary N) is 1. The van der Waals surface area contributed by atoms with Gasteiger partial charge in [0.2, 0.25) is 5.91 Å².